The van der Waals surface area contributed by atoms with E-state index in [-0.39, 0.29) is 12.0 Å². The van der Waals surface area contributed by atoms with Crippen LogP contribution < -0.4 is 10.6 Å². The molecule has 0 saturated carbocycles. The lowest BCUT2D eigenvalue weighted by Crippen LogP contribution is -2.36. The fourth-order valence-electron chi connectivity index (χ4n) is 1.89. The van der Waals surface area contributed by atoms with Crippen molar-refractivity contribution in [1.82, 2.24) is 0 Å². The fourth-order valence-corrected chi connectivity index (χ4v) is 1.89. The number of carbonyl (C=O) groups excluding carboxylic acids is 1. The normalized spacial score (nSPS) is 12.2. The molecule has 1 unspecified atom stereocenters. The van der Waals surface area contributed by atoms with Crippen molar-refractivity contribution < 1.29 is 9.53 Å². The summed E-state index contributed by atoms with van der Waals surface area (Å²) in [6.07, 6.45) is 2.16. The van der Waals surface area contributed by atoms with Gasteiger partial charge < -0.3 is 15.4 Å². The molecule has 0 bridgehead atoms. The third kappa shape index (κ3) is 5.01. The third-order valence-corrected chi connectivity index (χ3v) is 3.10. The number of rotatable bonds is 8. The topological polar surface area (TPSA) is 55.6 Å². The summed E-state index contributed by atoms with van der Waals surface area (Å²) in [5, 5.41) is 0. The number of anilines is 1. The second-order valence-electron chi connectivity index (χ2n) is 4.53. The maximum absolute atomic E-state index is 12.4. The Morgan fingerprint density at radius 2 is 2.05 bits per heavy atom. The molecule has 0 radical (unpaired) electrons. The van der Waals surface area contributed by atoms with Crippen LogP contribution in [0.15, 0.2) is 30.3 Å². The minimum absolute atomic E-state index is 0.0666. The van der Waals surface area contributed by atoms with Crippen LogP contribution in [0.4, 0.5) is 5.69 Å². The third-order valence-electron chi connectivity index (χ3n) is 3.10. The molecule has 4 nitrogen and oxygen atoms in total. The van der Waals surface area contributed by atoms with Crippen LogP contribution in [0.25, 0.3) is 0 Å². The van der Waals surface area contributed by atoms with Gasteiger partial charge >= 0.3 is 0 Å². The van der Waals surface area contributed by atoms with E-state index in [0.29, 0.717) is 13.0 Å². The number of hydrogen-bond donors (Lipinski definition) is 1. The summed E-state index contributed by atoms with van der Waals surface area (Å²) in [4.78, 5) is 14.2. The van der Waals surface area contributed by atoms with Crippen molar-refractivity contribution in [3.63, 3.8) is 0 Å². The first-order valence-corrected chi connectivity index (χ1v) is 6.81. The fraction of sp³-hybridized carbons (Fsp3) is 0.533. The number of para-hydroxylation sites is 1. The number of hydrogen-bond acceptors (Lipinski definition) is 3. The number of carbonyl (C=O) groups is 1. The highest BCUT2D eigenvalue weighted by Crippen LogP contribution is 2.16. The molecular weight excluding hydrogens is 240 g/mol. The zero-order valence-electron chi connectivity index (χ0n) is 11.8. The molecular formula is C15H24N2O2. The smallest absolute Gasteiger partial charge is 0.229 e. The Bertz CT molecular complexity index is 364. The van der Waals surface area contributed by atoms with Gasteiger partial charge in [-0.25, -0.2) is 0 Å². The van der Waals surface area contributed by atoms with Crippen LogP contribution in [-0.2, 0) is 9.53 Å². The molecule has 0 saturated heterocycles. The van der Waals surface area contributed by atoms with Gasteiger partial charge in [-0.15, -0.1) is 0 Å². The minimum Gasteiger partial charge on any atom is -0.380 e. The molecule has 19 heavy (non-hydrogen) atoms. The average Bonchev–Trinajstić information content (AvgIpc) is 2.46. The van der Waals surface area contributed by atoms with Crippen molar-refractivity contribution >= 4 is 11.6 Å². The predicted molar refractivity (Wildman–Crippen MR) is 78.2 cm³/mol. The van der Waals surface area contributed by atoms with Crippen molar-refractivity contribution in [2.45, 2.75) is 32.3 Å². The summed E-state index contributed by atoms with van der Waals surface area (Å²) < 4.78 is 5.19. The first-order chi connectivity index (χ1) is 9.22. The summed E-state index contributed by atoms with van der Waals surface area (Å²) in [6, 6.07) is 9.75. The van der Waals surface area contributed by atoms with E-state index in [1.54, 1.807) is 7.11 Å². The SMILES string of the molecule is CCCCN(C(=O)CC(CN)OC)c1ccccc1. The largest absolute Gasteiger partial charge is 0.380 e. The van der Waals surface area contributed by atoms with Crippen LogP contribution in [0, 0.1) is 0 Å². The van der Waals surface area contributed by atoms with E-state index < -0.39 is 0 Å². The van der Waals surface area contributed by atoms with Gasteiger partial charge in [-0.2, -0.15) is 0 Å². The van der Waals surface area contributed by atoms with Crippen molar-refractivity contribution in [1.29, 1.82) is 0 Å². The van der Waals surface area contributed by atoms with Crippen LogP contribution in [-0.4, -0.2) is 32.2 Å². The Hall–Kier alpha value is -1.39. The Labute approximate surface area is 115 Å². The van der Waals surface area contributed by atoms with E-state index >= 15 is 0 Å². The van der Waals surface area contributed by atoms with Gasteiger partial charge in [0.05, 0.1) is 12.5 Å². The monoisotopic (exact) mass is 264 g/mol. The number of nitrogens with zero attached hydrogens (tertiary/aromatic N) is 1. The van der Waals surface area contributed by atoms with Crippen molar-refractivity contribution in [3.8, 4) is 0 Å². The van der Waals surface area contributed by atoms with E-state index in [2.05, 4.69) is 6.92 Å². The van der Waals surface area contributed by atoms with E-state index in [1.807, 2.05) is 35.2 Å². The summed E-state index contributed by atoms with van der Waals surface area (Å²) in [7, 11) is 1.59. The van der Waals surface area contributed by atoms with Gasteiger partial charge in [-0.1, -0.05) is 31.5 Å². The van der Waals surface area contributed by atoms with Crippen LogP contribution in [0.2, 0.25) is 0 Å². The number of ether oxygens (including phenoxy) is 1. The molecule has 1 amide bonds. The molecule has 0 aliphatic heterocycles. The number of unbranched alkanes of at least 4 members (excludes halogenated alkanes) is 1. The molecule has 0 spiro atoms. The van der Waals surface area contributed by atoms with Crippen LogP contribution in [0.1, 0.15) is 26.2 Å². The van der Waals surface area contributed by atoms with Crippen LogP contribution >= 0.6 is 0 Å². The molecule has 1 aromatic carbocycles. The highest BCUT2D eigenvalue weighted by molar-refractivity contribution is 5.93. The molecule has 1 rings (SSSR count). The van der Waals surface area contributed by atoms with E-state index in [1.165, 1.54) is 0 Å². The first kappa shape index (κ1) is 15.7. The predicted octanol–water partition coefficient (Wildman–Crippen LogP) is 2.18. The number of methoxy groups -OCH3 is 1. The van der Waals surface area contributed by atoms with E-state index in [4.69, 9.17) is 10.5 Å². The number of benzene rings is 1. The Balaban J connectivity index is 2.76. The first-order valence-electron chi connectivity index (χ1n) is 6.81. The lowest BCUT2D eigenvalue weighted by Gasteiger charge is -2.24. The van der Waals surface area contributed by atoms with E-state index in [9.17, 15) is 4.79 Å². The molecule has 0 fully saturated rings. The molecule has 1 atom stereocenters. The van der Waals surface area contributed by atoms with Gasteiger partial charge in [0, 0.05) is 25.9 Å². The van der Waals surface area contributed by atoms with Crippen molar-refractivity contribution in [2.24, 2.45) is 5.73 Å². The van der Waals surface area contributed by atoms with Crippen LogP contribution in [0.5, 0.6) is 0 Å². The zero-order valence-corrected chi connectivity index (χ0v) is 11.8. The molecule has 0 aliphatic carbocycles. The number of nitrogens with two attached hydrogens (primary N) is 1. The molecule has 1 aromatic rings. The van der Waals surface area contributed by atoms with Gasteiger partial charge in [0.15, 0.2) is 0 Å². The Kier molecular flexibility index (Phi) is 7.15. The number of amides is 1. The van der Waals surface area contributed by atoms with Crippen LogP contribution in [0.3, 0.4) is 0 Å². The molecule has 4 heteroatoms. The highest BCUT2D eigenvalue weighted by Gasteiger charge is 2.19. The average molecular weight is 264 g/mol. The quantitative estimate of drug-likeness (QED) is 0.783. The summed E-state index contributed by atoms with van der Waals surface area (Å²) in [5.41, 5.74) is 6.51. The van der Waals surface area contributed by atoms with Crippen molar-refractivity contribution in [3.05, 3.63) is 30.3 Å². The van der Waals surface area contributed by atoms with Gasteiger partial charge in [0.25, 0.3) is 0 Å². The summed E-state index contributed by atoms with van der Waals surface area (Å²) in [6.45, 7) is 3.21. The second-order valence-corrected chi connectivity index (χ2v) is 4.53. The maximum Gasteiger partial charge on any atom is 0.229 e. The van der Waals surface area contributed by atoms with Crippen molar-refractivity contribution in [2.75, 3.05) is 25.1 Å². The Morgan fingerprint density at radius 3 is 2.58 bits per heavy atom. The highest BCUT2D eigenvalue weighted by atomic mass is 16.5. The molecule has 0 aromatic heterocycles. The van der Waals surface area contributed by atoms with Gasteiger partial charge in [-0.3, -0.25) is 4.79 Å². The second kappa shape index (κ2) is 8.67. The molecule has 0 heterocycles. The lowest BCUT2D eigenvalue weighted by molar-refractivity contribution is -0.120. The zero-order chi connectivity index (χ0) is 14.1. The maximum atomic E-state index is 12.4. The van der Waals surface area contributed by atoms with Gasteiger partial charge in [0.1, 0.15) is 0 Å². The van der Waals surface area contributed by atoms with E-state index in [0.717, 1.165) is 25.1 Å². The minimum atomic E-state index is -0.208. The molecule has 0 aliphatic rings. The molecule has 106 valence electrons. The summed E-state index contributed by atoms with van der Waals surface area (Å²) >= 11 is 0. The van der Waals surface area contributed by atoms with Gasteiger partial charge in [-0.05, 0) is 18.6 Å². The van der Waals surface area contributed by atoms with Gasteiger partial charge in [0.2, 0.25) is 5.91 Å². The molecule has 2 N–H and O–H groups in total. The standard InChI is InChI=1S/C15H24N2O2/c1-3-4-10-17(13-8-6-5-7-9-13)15(18)11-14(12-16)19-2/h5-9,14H,3-4,10-12,16H2,1-2H3. The summed E-state index contributed by atoms with van der Waals surface area (Å²) in [5.74, 6) is 0.0666. The lowest BCUT2D eigenvalue weighted by atomic mass is 10.2. The Morgan fingerprint density at radius 1 is 1.37 bits per heavy atom.